The fourth-order valence-electron chi connectivity index (χ4n) is 4.43. The van der Waals surface area contributed by atoms with E-state index in [2.05, 4.69) is 20.3 Å². The Morgan fingerprint density at radius 3 is 2.62 bits per heavy atom. The summed E-state index contributed by atoms with van der Waals surface area (Å²) in [7, 11) is 0. The third kappa shape index (κ3) is 3.32. The van der Waals surface area contributed by atoms with Crippen LogP contribution in [-0.2, 0) is 11.3 Å². The summed E-state index contributed by atoms with van der Waals surface area (Å²) in [6.07, 6.45) is 6.55. The van der Waals surface area contributed by atoms with Crippen molar-refractivity contribution in [3.63, 3.8) is 0 Å². The van der Waals surface area contributed by atoms with E-state index in [1.807, 2.05) is 21.3 Å². The number of fused-ring (bicyclic) bond motifs is 1. The van der Waals surface area contributed by atoms with Crippen molar-refractivity contribution in [2.45, 2.75) is 51.6 Å². The lowest BCUT2D eigenvalue weighted by molar-refractivity contribution is -0.131. The number of hydrogen-bond donors (Lipinski definition) is 1. The number of hydrogen-bond acceptors (Lipinski definition) is 6. The molecule has 5 rings (SSSR count). The van der Waals surface area contributed by atoms with Crippen molar-refractivity contribution < 1.29 is 9.59 Å². The van der Waals surface area contributed by atoms with Gasteiger partial charge in [-0.2, -0.15) is 0 Å². The third-order valence-electron chi connectivity index (χ3n) is 6.20. The highest BCUT2D eigenvalue weighted by Crippen LogP contribution is 2.32. The van der Waals surface area contributed by atoms with Crippen molar-refractivity contribution in [2.24, 2.45) is 5.92 Å². The van der Waals surface area contributed by atoms with Crippen LogP contribution in [-0.4, -0.2) is 73.4 Å². The number of imidazole rings is 1. The number of aryl methyl sites for hydroxylation is 1. The zero-order valence-corrected chi connectivity index (χ0v) is 16.8. The molecule has 2 aromatic rings. The Kier molecular flexibility index (Phi) is 4.60. The molecule has 1 unspecified atom stereocenters. The first kappa shape index (κ1) is 18.3. The molecule has 9 heteroatoms. The van der Waals surface area contributed by atoms with E-state index in [1.165, 1.54) is 6.33 Å². The lowest BCUT2D eigenvalue weighted by atomic mass is 10.2. The summed E-state index contributed by atoms with van der Waals surface area (Å²) >= 11 is 0. The summed E-state index contributed by atoms with van der Waals surface area (Å²) in [6.45, 7) is 5.66. The fourth-order valence-corrected chi connectivity index (χ4v) is 4.43. The molecule has 0 bridgehead atoms. The number of aromatic nitrogens is 4. The molecule has 2 aromatic heterocycles. The van der Waals surface area contributed by atoms with Crippen molar-refractivity contribution in [3.05, 3.63) is 12.2 Å². The van der Waals surface area contributed by atoms with Gasteiger partial charge in [0.2, 0.25) is 11.7 Å². The number of amides is 2. The smallest absolute Gasteiger partial charge is 0.289 e. The molecule has 1 atom stereocenters. The maximum Gasteiger partial charge on any atom is 0.289 e. The number of nitrogens with zero attached hydrogens (tertiary/aromatic N) is 6. The molecule has 2 aliphatic heterocycles. The van der Waals surface area contributed by atoms with Gasteiger partial charge in [-0.1, -0.05) is 0 Å². The van der Waals surface area contributed by atoms with Gasteiger partial charge in [0.15, 0.2) is 17.0 Å². The monoisotopic (exact) mass is 397 g/mol. The average Bonchev–Trinajstić information content (AvgIpc) is 3.12. The second-order valence-electron chi connectivity index (χ2n) is 8.26. The van der Waals surface area contributed by atoms with Gasteiger partial charge in [0.25, 0.3) is 5.91 Å². The van der Waals surface area contributed by atoms with E-state index in [-0.39, 0.29) is 23.8 Å². The molecule has 2 saturated heterocycles. The zero-order chi connectivity index (χ0) is 20.0. The number of carbonyl (C=O) groups is 2. The first-order chi connectivity index (χ1) is 14.2. The lowest BCUT2D eigenvalue weighted by Crippen LogP contribution is -2.32. The van der Waals surface area contributed by atoms with E-state index in [0.29, 0.717) is 35.9 Å². The van der Waals surface area contributed by atoms with Gasteiger partial charge in [-0.05, 0) is 39.0 Å². The normalized spacial score (nSPS) is 21.9. The lowest BCUT2D eigenvalue weighted by Gasteiger charge is -2.17. The number of anilines is 1. The van der Waals surface area contributed by atoms with Crippen molar-refractivity contribution in [1.82, 2.24) is 29.3 Å². The van der Waals surface area contributed by atoms with Gasteiger partial charge in [-0.3, -0.25) is 9.59 Å². The van der Waals surface area contributed by atoms with Crippen molar-refractivity contribution in [2.75, 3.05) is 31.5 Å². The Hall–Kier alpha value is -2.71. The molecule has 3 aliphatic rings. The third-order valence-corrected chi connectivity index (χ3v) is 6.20. The minimum atomic E-state index is -0.0321. The van der Waals surface area contributed by atoms with Crippen LogP contribution >= 0.6 is 0 Å². The predicted octanol–water partition coefficient (Wildman–Crippen LogP) is 1.50. The Labute approximate surface area is 169 Å². The van der Waals surface area contributed by atoms with Gasteiger partial charge >= 0.3 is 0 Å². The molecule has 4 heterocycles. The van der Waals surface area contributed by atoms with E-state index >= 15 is 0 Å². The molecule has 29 heavy (non-hydrogen) atoms. The van der Waals surface area contributed by atoms with Crippen LogP contribution in [0.15, 0.2) is 6.33 Å². The number of carbonyl (C=O) groups excluding carboxylic acids is 2. The molecule has 1 aliphatic carbocycles. The van der Waals surface area contributed by atoms with Crippen LogP contribution in [0.5, 0.6) is 0 Å². The molecule has 0 aromatic carbocycles. The maximum absolute atomic E-state index is 13.0. The summed E-state index contributed by atoms with van der Waals surface area (Å²) in [6, 6.07) is 0.139. The molecule has 3 fully saturated rings. The summed E-state index contributed by atoms with van der Waals surface area (Å²) in [5, 5.41) is 3.46. The van der Waals surface area contributed by atoms with Crippen LogP contribution in [0.1, 0.15) is 49.6 Å². The van der Waals surface area contributed by atoms with Crippen LogP contribution in [0.3, 0.4) is 0 Å². The van der Waals surface area contributed by atoms with Crippen molar-refractivity contribution >= 4 is 28.8 Å². The van der Waals surface area contributed by atoms with Crippen LogP contribution < -0.4 is 5.32 Å². The van der Waals surface area contributed by atoms with E-state index in [9.17, 15) is 9.59 Å². The maximum atomic E-state index is 13.0. The molecule has 154 valence electrons. The standard InChI is InChI=1S/C20H27N7O2/c1-2-27-17-15(24-18(27)20(29)25-8-3-4-9-25)16(21-12-22-17)23-14-7-10-26(11-14)19(28)13-5-6-13/h12-14H,2-11H2,1H3,(H,21,22,23). The second-order valence-corrected chi connectivity index (χ2v) is 8.26. The van der Waals surface area contributed by atoms with Crippen LogP contribution in [0, 0.1) is 5.92 Å². The predicted molar refractivity (Wildman–Crippen MR) is 107 cm³/mol. The average molecular weight is 397 g/mol. The van der Waals surface area contributed by atoms with Gasteiger partial charge in [0.05, 0.1) is 0 Å². The first-order valence-electron chi connectivity index (χ1n) is 10.7. The topological polar surface area (TPSA) is 96.2 Å². The number of likely N-dealkylation sites (tertiary alicyclic amines) is 2. The van der Waals surface area contributed by atoms with Crippen molar-refractivity contribution in [1.29, 1.82) is 0 Å². The van der Waals surface area contributed by atoms with Gasteiger partial charge in [0.1, 0.15) is 6.33 Å². The van der Waals surface area contributed by atoms with E-state index in [1.54, 1.807) is 0 Å². The number of rotatable bonds is 5. The minimum absolute atomic E-state index is 0.0321. The van der Waals surface area contributed by atoms with Gasteiger partial charge in [0, 0.05) is 44.7 Å². The first-order valence-corrected chi connectivity index (χ1v) is 10.7. The molecule has 1 N–H and O–H groups in total. The molecule has 0 radical (unpaired) electrons. The molecular formula is C20H27N7O2. The van der Waals surface area contributed by atoms with Crippen LogP contribution in [0.25, 0.3) is 11.2 Å². The molecule has 2 amide bonds. The Bertz CT molecular complexity index is 946. The minimum Gasteiger partial charge on any atom is -0.364 e. The summed E-state index contributed by atoms with van der Waals surface area (Å²) in [4.78, 5) is 42.6. The second kappa shape index (κ2) is 7.27. The SMILES string of the molecule is CCn1c(C(=O)N2CCCC2)nc2c(NC3CCN(C(=O)C4CC4)C3)ncnc21. The van der Waals surface area contributed by atoms with Gasteiger partial charge in [-0.15, -0.1) is 0 Å². The number of nitrogens with one attached hydrogen (secondary N) is 1. The van der Waals surface area contributed by atoms with E-state index < -0.39 is 0 Å². The van der Waals surface area contributed by atoms with Crippen LogP contribution in [0.4, 0.5) is 5.82 Å². The zero-order valence-electron chi connectivity index (χ0n) is 16.8. The Morgan fingerprint density at radius 2 is 1.90 bits per heavy atom. The van der Waals surface area contributed by atoms with E-state index in [0.717, 1.165) is 51.7 Å². The summed E-state index contributed by atoms with van der Waals surface area (Å²) in [5.41, 5.74) is 1.31. The van der Waals surface area contributed by atoms with Crippen LogP contribution in [0.2, 0.25) is 0 Å². The van der Waals surface area contributed by atoms with Gasteiger partial charge < -0.3 is 19.7 Å². The molecule has 9 nitrogen and oxygen atoms in total. The summed E-state index contributed by atoms with van der Waals surface area (Å²) < 4.78 is 1.88. The molecular weight excluding hydrogens is 370 g/mol. The summed E-state index contributed by atoms with van der Waals surface area (Å²) in [5.74, 6) is 1.58. The van der Waals surface area contributed by atoms with Gasteiger partial charge in [-0.25, -0.2) is 15.0 Å². The highest BCUT2D eigenvalue weighted by atomic mass is 16.2. The van der Waals surface area contributed by atoms with E-state index in [4.69, 9.17) is 0 Å². The highest BCUT2D eigenvalue weighted by Gasteiger charge is 2.37. The van der Waals surface area contributed by atoms with Crippen molar-refractivity contribution in [3.8, 4) is 0 Å². The quantitative estimate of drug-likeness (QED) is 0.821. The Morgan fingerprint density at radius 1 is 1.10 bits per heavy atom. The molecule has 1 saturated carbocycles. The fraction of sp³-hybridized carbons (Fsp3) is 0.650. The molecule has 0 spiro atoms. The highest BCUT2D eigenvalue weighted by molar-refractivity contribution is 5.96. The largest absolute Gasteiger partial charge is 0.364 e. The Balaban J connectivity index is 1.39.